The third-order valence-electron chi connectivity index (χ3n) is 6.66. The van der Waals surface area contributed by atoms with Gasteiger partial charge in [-0.2, -0.15) is 0 Å². The first-order valence-electron chi connectivity index (χ1n) is 13.6. The van der Waals surface area contributed by atoms with E-state index in [1.165, 1.54) is 11.8 Å². The second-order valence-corrected chi connectivity index (χ2v) is 10.3. The fourth-order valence-electron chi connectivity index (χ4n) is 4.52. The summed E-state index contributed by atoms with van der Waals surface area (Å²) in [5.74, 6) is -3.31. The van der Waals surface area contributed by atoms with Crippen LogP contribution in [0.3, 0.4) is 0 Å². The molecule has 0 heterocycles. The SMILES string of the molecule is CC(C)C[C@H](N[C@@H](CCC(=O)Nc1ccccc1)C(=O)O)C(=O)N(c1ccc(-c2ccccc2)cc1)[C@@H](C)C(=O)O. The highest BCUT2D eigenvalue weighted by Crippen LogP contribution is 2.26. The van der Waals surface area contributed by atoms with Crippen LogP contribution in [0, 0.1) is 5.92 Å². The van der Waals surface area contributed by atoms with Crippen LogP contribution >= 0.6 is 0 Å². The number of carbonyl (C=O) groups excluding carboxylic acids is 2. The molecule has 3 rings (SSSR count). The lowest BCUT2D eigenvalue weighted by molar-refractivity contribution is -0.142. The van der Waals surface area contributed by atoms with Gasteiger partial charge in [0.05, 0.1) is 6.04 Å². The third-order valence-corrected chi connectivity index (χ3v) is 6.66. The zero-order valence-corrected chi connectivity index (χ0v) is 23.5. The number of para-hydroxylation sites is 1. The van der Waals surface area contributed by atoms with Crippen molar-refractivity contribution in [1.82, 2.24) is 5.32 Å². The monoisotopic (exact) mass is 559 g/mol. The van der Waals surface area contributed by atoms with E-state index in [1.807, 2.05) is 62.4 Å². The van der Waals surface area contributed by atoms with Crippen LogP contribution in [0.5, 0.6) is 0 Å². The molecule has 3 atom stereocenters. The van der Waals surface area contributed by atoms with Crippen LogP contribution in [0.2, 0.25) is 0 Å². The van der Waals surface area contributed by atoms with Crippen LogP contribution in [-0.4, -0.2) is 52.1 Å². The van der Waals surface area contributed by atoms with E-state index in [9.17, 15) is 29.4 Å². The van der Waals surface area contributed by atoms with Crippen molar-refractivity contribution in [2.45, 2.75) is 58.2 Å². The molecule has 0 bridgehead atoms. The van der Waals surface area contributed by atoms with Gasteiger partial charge in [0.25, 0.3) is 0 Å². The molecule has 4 N–H and O–H groups in total. The number of hydrogen-bond acceptors (Lipinski definition) is 5. The second-order valence-electron chi connectivity index (χ2n) is 10.3. The van der Waals surface area contributed by atoms with Gasteiger partial charge in [0.2, 0.25) is 11.8 Å². The topological polar surface area (TPSA) is 136 Å². The fraction of sp³-hybridized carbons (Fsp3) is 0.312. The number of carboxylic acid groups (broad SMARTS) is 2. The molecule has 3 aromatic rings. The summed E-state index contributed by atoms with van der Waals surface area (Å²) in [5.41, 5.74) is 2.86. The number of benzene rings is 3. The molecule has 0 saturated carbocycles. The highest BCUT2D eigenvalue weighted by Gasteiger charge is 2.35. The van der Waals surface area contributed by atoms with Crippen molar-refractivity contribution < 1.29 is 29.4 Å². The molecule has 9 nitrogen and oxygen atoms in total. The summed E-state index contributed by atoms with van der Waals surface area (Å²) in [6.45, 7) is 5.20. The van der Waals surface area contributed by atoms with Gasteiger partial charge in [0, 0.05) is 17.8 Å². The third kappa shape index (κ3) is 9.01. The number of carboxylic acids is 2. The lowest BCUT2D eigenvalue weighted by Crippen LogP contribution is -2.56. The molecule has 0 aliphatic carbocycles. The van der Waals surface area contributed by atoms with Gasteiger partial charge in [-0.3, -0.25) is 24.6 Å². The Morgan fingerprint density at radius 3 is 1.83 bits per heavy atom. The number of amides is 2. The summed E-state index contributed by atoms with van der Waals surface area (Å²) in [6, 6.07) is 22.1. The molecule has 0 unspecified atom stereocenters. The van der Waals surface area contributed by atoms with Crippen molar-refractivity contribution in [2.75, 3.05) is 10.2 Å². The van der Waals surface area contributed by atoms with Gasteiger partial charge in [-0.1, -0.05) is 74.5 Å². The molecule has 3 aromatic carbocycles. The molecular formula is C32H37N3O6. The van der Waals surface area contributed by atoms with Crippen molar-refractivity contribution in [2.24, 2.45) is 5.92 Å². The standard InChI is InChI=1S/C32H37N3O6/c1-21(2)20-28(34-27(32(40)41)18-19-29(36)33-25-12-8-5-9-13-25)30(37)35(22(3)31(38)39)26-16-14-24(15-17-26)23-10-6-4-7-11-23/h4-17,21-22,27-28,34H,18-20H2,1-3H3,(H,33,36)(H,38,39)(H,40,41)/t22-,27-,28-/m0/s1. The van der Waals surface area contributed by atoms with E-state index in [4.69, 9.17) is 0 Å². The fourth-order valence-corrected chi connectivity index (χ4v) is 4.52. The smallest absolute Gasteiger partial charge is 0.326 e. The minimum atomic E-state index is -1.21. The zero-order chi connectivity index (χ0) is 29.9. The lowest BCUT2D eigenvalue weighted by Gasteiger charge is -2.33. The van der Waals surface area contributed by atoms with Gasteiger partial charge in [-0.05, 0) is 61.1 Å². The molecule has 0 saturated heterocycles. The second kappa shape index (κ2) is 14.8. The van der Waals surface area contributed by atoms with Gasteiger partial charge in [0.1, 0.15) is 12.1 Å². The number of aliphatic carboxylic acids is 2. The molecular weight excluding hydrogens is 522 g/mol. The number of hydrogen-bond donors (Lipinski definition) is 4. The Bertz CT molecular complexity index is 1310. The lowest BCUT2D eigenvalue weighted by atomic mass is 9.99. The minimum absolute atomic E-state index is 0.00489. The molecule has 0 radical (unpaired) electrons. The summed E-state index contributed by atoms with van der Waals surface area (Å²) in [4.78, 5) is 51.8. The largest absolute Gasteiger partial charge is 0.480 e. The molecule has 2 amide bonds. The van der Waals surface area contributed by atoms with Crippen molar-refractivity contribution in [3.8, 4) is 11.1 Å². The van der Waals surface area contributed by atoms with Gasteiger partial charge in [-0.15, -0.1) is 0 Å². The molecule has 0 fully saturated rings. The normalized spacial score (nSPS) is 13.2. The average Bonchev–Trinajstić information content (AvgIpc) is 2.95. The maximum absolute atomic E-state index is 13.9. The van der Waals surface area contributed by atoms with E-state index in [1.54, 1.807) is 36.4 Å². The average molecular weight is 560 g/mol. The highest BCUT2D eigenvalue weighted by atomic mass is 16.4. The van der Waals surface area contributed by atoms with E-state index in [0.717, 1.165) is 11.1 Å². The number of nitrogens with zero attached hydrogens (tertiary/aromatic N) is 1. The van der Waals surface area contributed by atoms with Crippen LogP contribution in [0.4, 0.5) is 11.4 Å². The molecule has 0 aromatic heterocycles. The van der Waals surface area contributed by atoms with Crippen molar-refractivity contribution in [1.29, 1.82) is 0 Å². The van der Waals surface area contributed by atoms with E-state index in [2.05, 4.69) is 10.6 Å². The van der Waals surface area contributed by atoms with E-state index in [0.29, 0.717) is 11.4 Å². The number of anilines is 2. The van der Waals surface area contributed by atoms with Crippen LogP contribution in [0.1, 0.15) is 40.0 Å². The van der Waals surface area contributed by atoms with Crippen LogP contribution in [-0.2, 0) is 19.2 Å². The first-order valence-corrected chi connectivity index (χ1v) is 13.6. The minimum Gasteiger partial charge on any atom is -0.480 e. The summed E-state index contributed by atoms with van der Waals surface area (Å²) in [7, 11) is 0. The first kappa shape index (κ1) is 31.0. The quantitative estimate of drug-likeness (QED) is 0.217. The van der Waals surface area contributed by atoms with Gasteiger partial charge in [0.15, 0.2) is 0 Å². The predicted octanol–water partition coefficient (Wildman–Crippen LogP) is 5.04. The van der Waals surface area contributed by atoms with Crippen molar-refractivity contribution >= 4 is 35.1 Å². The Morgan fingerprint density at radius 2 is 1.29 bits per heavy atom. The van der Waals surface area contributed by atoms with Gasteiger partial charge >= 0.3 is 11.9 Å². The molecule has 0 aliphatic heterocycles. The van der Waals surface area contributed by atoms with Crippen LogP contribution in [0.25, 0.3) is 11.1 Å². The Kier molecular flexibility index (Phi) is 11.2. The molecule has 216 valence electrons. The Balaban J connectivity index is 1.82. The van der Waals surface area contributed by atoms with Crippen molar-refractivity contribution in [3.05, 3.63) is 84.9 Å². The van der Waals surface area contributed by atoms with E-state index < -0.39 is 36.0 Å². The molecule has 0 spiro atoms. The zero-order valence-electron chi connectivity index (χ0n) is 23.5. The summed E-state index contributed by atoms with van der Waals surface area (Å²) >= 11 is 0. The Morgan fingerprint density at radius 1 is 0.732 bits per heavy atom. The summed E-state index contributed by atoms with van der Waals surface area (Å²) in [5, 5.41) is 25.4. The van der Waals surface area contributed by atoms with Gasteiger partial charge < -0.3 is 15.5 Å². The number of carbonyl (C=O) groups is 4. The van der Waals surface area contributed by atoms with Crippen molar-refractivity contribution in [3.63, 3.8) is 0 Å². The maximum atomic E-state index is 13.9. The Labute approximate surface area is 240 Å². The van der Waals surface area contributed by atoms with Crippen LogP contribution in [0.15, 0.2) is 84.9 Å². The van der Waals surface area contributed by atoms with E-state index >= 15 is 0 Å². The predicted molar refractivity (Wildman–Crippen MR) is 159 cm³/mol. The molecule has 9 heteroatoms. The number of rotatable bonds is 14. The van der Waals surface area contributed by atoms with E-state index in [-0.39, 0.29) is 31.1 Å². The number of nitrogens with one attached hydrogen (secondary N) is 2. The maximum Gasteiger partial charge on any atom is 0.326 e. The van der Waals surface area contributed by atoms with Gasteiger partial charge in [-0.25, -0.2) is 4.79 Å². The van der Waals surface area contributed by atoms with Crippen LogP contribution < -0.4 is 15.5 Å². The molecule has 41 heavy (non-hydrogen) atoms. The molecule has 0 aliphatic rings. The summed E-state index contributed by atoms with van der Waals surface area (Å²) < 4.78 is 0. The summed E-state index contributed by atoms with van der Waals surface area (Å²) in [6.07, 6.45) is 0.123. The Hall–Kier alpha value is -4.50. The first-order chi connectivity index (χ1) is 19.6. The highest BCUT2D eigenvalue weighted by molar-refractivity contribution is 6.02.